The van der Waals surface area contributed by atoms with Crippen LogP contribution in [0.15, 0.2) is 188 Å². The summed E-state index contributed by atoms with van der Waals surface area (Å²) in [6.07, 6.45) is 0. The first-order chi connectivity index (χ1) is 23.8. The Bertz CT molecular complexity index is 2600. The summed E-state index contributed by atoms with van der Waals surface area (Å²) in [6, 6.07) is 69.3. The van der Waals surface area contributed by atoms with Gasteiger partial charge in [0.05, 0.1) is 16.4 Å². The lowest BCUT2D eigenvalue weighted by Gasteiger charge is -2.34. The van der Waals surface area contributed by atoms with E-state index in [0.717, 1.165) is 5.69 Å². The third kappa shape index (κ3) is 3.79. The fourth-order valence-electron chi connectivity index (χ4n) is 8.35. The van der Waals surface area contributed by atoms with Gasteiger partial charge >= 0.3 is 0 Å². The molecule has 8 aromatic carbocycles. The molecule has 0 aliphatic heterocycles. The van der Waals surface area contributed by atoms with Crippen LogP contribution < -0.4 is 0 Å². The summed E-state index contributed by atoms with van der Waals surface area (Å²) < 4.78 is 2.46. The lowest BCUT2D eigenvalue weighted by atomic mass is 9.67. The number of aromatic nitrogens is 1. The molecule has 0 spiro atoms. The number of para-hydroxylation sites is 1. The summed E-state index contributed by atoms with van der Waals surface area (Å²) in [4.78, 5) is 0. The minimum absolute atomic E-state index is 0.441. The van der Waals surface area contributed by atoms with Gasteiger partial charge in [0.1, 0.15) is 0 Å². The molecule has 1 nitrogen and oxygen atoms in total. The molecule has 0 fully saturated rings. The van der Waals surface area contributed by atoms with Gasteiger partial charge in [-0.05, 0) is 91.7 Å². The average Bonchev–Trinajstić information content (AvgIpc) is 3.64. The zero-order valence-corrected chi connectivity index (χ0v) is 26.3. The van der Waals surface area contributed by atoms with Crippen LogP contribution in [0.4, 0.5) is 0 Å². The van der Waals surface area contributed by atoms with Gasteiger partial charge in [-0.25, -0.2) is 0 Å². The maximum atomic E-state index is 2.49. The summed E-state index contributed by atoms with van der Waals surface area (Å²) in [7, 11) is 0. The van der Waals surface area contributed by atoms with E-state index in [1.165, 1.54) is 77.1 Å². The zero-order chi connectivity index (χ0) is 31.7. The molecular formula is C47H31N. The van der Waals surface area contributed by atoms with Crippen molar-refractivity contribution >= 4 is 32.6 Å². The van der Waals surface area contributed by atoms with E-state index in [0.29, 0.717) is 0 Å². The Morgan fingerprint density at radius 3 is 1.75 bits per heavy atom. The molecule has 1 aromatic heterocycles. The minimum Gasteiger partial charge on any atom is -0.309 e. The maximum Gasteiger partial charge on any atom is 0.0714 e. The summed E-state index contributed by atoms with van der Waals surface area (Å²) in [5.74, 6) is 0. The second kappa shape index (κ2) is 10.4. The van der Waals surface area contributed by atoms with E-state index < -0.39 is 5.41 Å². The van der Waals surface area contributed by atoms with Crippen molar-refractivity contribution in [1.82, 2.24) is 4.57 Å². The fraction of sp³-hybridized carbons (Fsp3) is 0.0213. The predicted octanol–water partition coefficient (Wildman–Crippen LogP) is 12.0. The highest BCUT2D eigenvalue weighted by Crippen LogP contribution is 2.57. The second-order valence-corrected chi connectivity index (χ2v) is 12.9. The van der Waals surface area contributed by atoms with Crippen molar-refractivity contribution in [2.45, 2.75) is 5.41 Å². The number of nitrogens with zero attached hydrogens (tertiary/aromatic N) is 1. The van der Waals surface area contributed by atoms with Crippen LogP contribution in [0.2, 0.25) is 0 Å². The molecule has 9 aromatic rings. The van der Waals surface area contributed by atoms with Crippen molar-refractivity contribution in [2.75, 3.05) is 0 Å². The van der Waals surface area contributed by atoms with Crippen LogP contribution in [-0.2, 0) is 5.41 Å². The molecule has 0 amide bonds. The van der Waals surface area contributed by atoms with Gasteiger partial charge in [0, 0.05) is 16.5 Å². The molecule has 224 valence electrons. The van der Waals surface area contributed by atoms with Gasteiger partial charge in [0.2, 0.25) is 0 Å². The van der Waals surface area contributed by atoms with Crippen molar-refractivity contribution in [3.63, 3.8) is 0 Å². The highest BCUT2D eigenvalue weighted by atomic mass is 15.0. The number of rotatable bonds is 4. The first-order valence-electron chi connectivity index (χ1n) is 16.7. The van der Waals surface area contributed by atoms with Gasteiger partial charge in [-0.1, -0.05) is 152 Å². The van der Waals surface area contributed by atoms with Crippen LogP contribution in [0.5, 0.6) is 0 Å². The molecule has 0 saturated heterocycles. The third-order valence-corrected chi connectivity index (χ3v) is 10.5. The summed E-state index contributed by atoms with van der Waals surface area (Å²) in [6.45, 7) is 0. The normalized spacial score (nSPS) is 13.2. The Morgan fingerprint density at radius 1 is 0.354 bits per heavy atom. The van der Waals surface area contributed by atoms with Crippen LogP contribution in [0.25, 0.3) is 60.5 Å². The molecule has 48 heavy (non-hydrogen) atoms. The first kappa shape index (κ1) is 27.0. The molecule has 1 aliphatic rings. The highest BCUT2D eigenvalue weighted by Gasteiger charge is 2.46. The number of fused-ring (bicyclic) bond motifs is 7. The van der Waals surface area contributed by atoms with Crippen molar-refractivity contribution in [2.24, 2.45) is 0 Å². The van der Waals surface area contributed by atoms with Gasteiger partial charge in [-0.2, -0.15) is 0 Å². The highest BCUT2D eigenvalue weighted by molar-refractivity contribution is 6.12. The lowest BCUT2D eigenvalue weighted by molar-refractivity contribution is 0.769. The Labute approximate surface area is 280 Å². The summed E-state index contributed by atoms with van der Waals surface area (Å²) >= 11 is 0. The smallest absolute Gasteiger partial charge is 0.0714 e. The minimum atomic E-state index is -0.441. The van der Waals surface area contributed by atoms with E-state index in [1.54, 1.807) is 0 Å². The van der Waals surface area contributed by atoms with E-state index in [2.05, 4.69) is 193 Å². The largest absolute Gasteiger partial charge is 0.309 e. The molecule has 0 unspecified atom stereocenters. The maximum absolute atomic E-state index is 2.49. The molecule has 1 heteroatoms. The summed E-state index contributed by atoms with van der Waals surface area (Å²) in [5, 5.41) is 5.06. The third-order valence-electron chi connectivity index (χ3n) is 10.5. The van der Waals surface area contributed by atoms with Crippen molar-refractivity contribution < 1.29 is 0 Å². The van der Waals surface area contributed by atoms with E-state index in [-0.39, 0.29) is 0 Å². The predicted molar refractivity (Wildman–Crippen MR) is 201 cm³/mol. The Hall–Kier alpha value is -6.18. The van der Waals surface area contributed by atoms with Crippen LogP contribution in [0, 0.1) is 0 Å². The molecule has 0 radical (unpaired) electrons. The van der Waals surface area contributed by atoms with Crippen molar-refractivity contribution in [1.29, 1.82) is 0 Å². The van der Waals surface area contributed by atoms with Gasteiger partial charge in [0.15, 0.2) is 0 Å². The average molecular weight is 610 g/mol. The van der Waals surface area contributed by atoms with E-state index >= 15 is 0 Å². The monoisotopic (exact) mass is 609 g/mol. The van der Waals surface area contributed by atoms with Crippen molar-refractivity contribution in [3.05, 3.63) is 210 Å². The van der Waals surface area contributed by atoms with Gasteiger partial charge in [0.25, 0.3) is 0 Å². The van der Waals surface area contributed by atoms with Gasteiger partial charge in [-0.3, -0.25) is 0 Å². The number of hydrogen-bond donors (Lipinski definition) is 0. The molecule has 1 aliphatic carbocycles. The van der Waals surface area contributed by atoms with E-state index in [4.69, 9.17) is 0 Å². The SMILES string of the molecule is c1ccc(C2(c3ccccc3)c3ccccc3-c3cc4c5ccccc5n(-c5ccc(-c6ccc7ccccc7c6)cc5)c4cc32)cc1. The first-order valence-corrected chi connectivity index (χ1v) is 16.7. The Balaban J connectivity index is 1.24. The molecule has 0 atom stereocenters. The second-order valence-electron chi connectivity index (χ2n) is 12.9. The van der Waals surface area contributed by atoms with E-state index in [1.807, 2.05) is 0 Å². The molecule has 0 saturated carbocycles. The molecule has 1 heterocycles. The Morgan fingerprint density at radius 2 is 0.979 bits per heavy atom. The van der Waals surface area contributed by atoms with Gasteiger partial charge < -0.3 is 4.57 Å². The van der Waals surface area contributed by atoms with E-state index in [9.17, 15) is 0 Å². The van der Waals surface area contributed by atoms with Gasteiger partial charge in [-0.15, -0.1) is 0 Å². The molecular weight excluding hydrogens is 579 g/mol. The number of benzene rings is 8. The number of hydrogen-bond acceptors (Lipinski definition) is 0. The van der Waals surface area contributed by atoms with Crippen LogP contribution in [0.3, 0.4) is 0 Å². The zero-order valence-electron chi connectivity index (χ0n) is 26.3. The standard InChI is InChI=1S/C47H31N/c1-3-15-36(16-4-1)47(37-17-5-2-6-18-37)43-21-11-9-19-39(43)41-30-42-40-20-10-12-22-45(40)48(46(42)31-44(41)47)38-27-25-33(26-28-38)35-24-23-32-13-7-8-14-34(32)29-35/h1-31H. The summed E-state index contributed by atoms with van der Waals surface area (Å²) in [5.41, 5.74) is 13.4. The molecule has 10 rings (SSSR count). The quantitative estimate of drug-likeness (QED) is 0.187. The lowest BCUT2D eigenvalue weighted by Crippen LogP contribution is -2.28. The Kier molecular flexibility index (Phi) is 5.86. The van der Waals surface area contributed by atoms with Crippen LogP contribution in [-0.4, -0.2) is 4.57 Å². The van der Waals surface area contributed by atoms with Crippen LogP contribution in [0.1, 0.15) is 22.3 Å². The molecule has 0 bridgehead atoms. The topological polar surface area (TPSA) is 4.93 Å². The van der Waals surface area contributed by atoms with Crippen LogP contribution >= 0.6 is 0 Å². The fourth-order valence-corrected chi connectivity index (χ4v) is 8.35. The molecule has 0 N–H and O–H groups in total. The van der Waals surface area contributed by atoms with Crippen molar-refractivity contribution in [3.8, 4) is 27.9 Å².